The molecule has 0 bridgehead atoms. The van der Waals surface area contributed by atoms with E-state index in [2.05, 4.69) is 267 Å². The predicted molar refractivity (Wildman–Crippen MR) is 294 cm³/mol. The molecule has 1 aromatic heterocycles. The number of rotatable bonds is 9. The first kappa shape index (κ1) is 41.9. The molecule has 13 rings (SSSR count). The van der Waals surface area contributed by atoms with Crippen LogP contribution in [0.15, 0.2) is 259 Å². The largest absolute Gasteiger partial charge is 0.464 e. The van der Waals surface area contributed by atoms with Gasteiger partial charge in [0.1, 0.15) is 5.58 Å². The predicted octanol–water partition coefficient (Wildman–Crippen LogP) is 16.8. The summed E-state index contributed by atoms with van der Waals surface area (Å²) < 4.78 is 5.78. The summed E-state index contributed by atoms with van der Waals surface area (Å²) in [5, 5.41) is 2.55. The van der Waals surface area contributed by atoms with E-state index in [4.69, 9.17) is 4.42 Å². The topological polar surface area (TPSA) is 16.4 Å². The molecular weight excluding hydrogens is 863 g/mol. The van der Waals surface area contributed by atoms with Gasteiger partial charge in [-0.3, -0.25) is 0 Å². The molecule has 0 atom stereocenters. The highest BCUT2D eigenvalue weighted by molar-refractivity contribution is 6.88. The summed E-state index contributed by atoms with van der Waals surface area (Å²) in [6, 6.07) is 93.1. The van der Waals surface area contributed by atoms with Crippen molar-refractivity contribution in [3.05, 3.63) is 299 Å². The Morgan fingerprint density at radius 2 is 0.843 bits per heavy atom. The summed E-state index contributed by atoms with van der Waals surface area (Å²) in [6.07, 6.45) is 1.77. The Hall–Kier alpha value is -8.24. The first-order valence-corrected chi connectivity index (χ1v) is 28.0. The second-order valence-corrected chi connectivity index (χ2v) is 25.1. The maximum absolute atomic E-state index is 5.78. The van der Waals surface area contributed by atoms with Crippen molar-refractivity contribution < 1.29 is 4.42 Å². The Morgan fingerprint density at radius 1 is 0.343 bits per heavy atom. The number of nitrogens with zero attached hydrogens (tertiary/aromatic N) is 1. The zero-order chi connectivity index (χ0) is 47.0. The average Bonchev–Trinajstić information content (AvgIpc) is 4.09. The van der Waals surface area contributed by atoms with Crippen molar-refractivity contribution in [2.45, 2.75) is 30.5 Å². The van der Waals surface area contributed by atoms with Crippen LogP contribution in [0.3, 0.4) is 0 Å². The molecule has 10 aromatic carbocycles. The van der Waals surface area contributed by atoms with E-state index in [9.17, 15) is 0 Å². The quantitative estimate of drug-likeness (QED) is 0.134. The van der Waals surface area contributed by atoms with Gasteiger partial charge in [0, 0.05) is 22.4 Å². The highest BCUT2D eigenvalue weighted by Gasteiger charge is 2.48. The van der Waals surface area contributed by atoms with E-state index < -0.39 is 18.9 Å². The van der Waals surface area contributed by atoms with Crippen LogP contribution in [0.2, 0.25) is 19.6 Å². The van der Waals surface area contributed by atoms with Crippen molar-refractivity contribution in [1.82, 2.24) is 0 Å². The van der Waals surface area contributed by atoms with E-state index in [0.717, 1.165) is 39.2 Å². The average molecular weight is 914 g/mol. The van der Waals surface area contributed by atoms with E-state index in [1.165, 1.54) is 71.9 Å². The summed E-state index contributed by atoms with van der Waals surface area (Å²) >= 11 is 0. The van der Waals surface area contributed by atoms with E-state index in [-0.39, 0.29) is 0 Å². The SMILES string of the molecule is C[Si](C)(C)c1ccc2c(c1)C(c1ccccc1)(c1ccccc1)c1cc(N(c3cccc(-c4ccc5occc5c4)c3)c3ccc4c(c3)-c3ccccc3C4(c3ccccc3)c3ccccc3)ccc1-2. The van der Waals surface area contributed by atoms with Crippen LogP contribution in [0, 0.1) is 0 Å². The molecule has 0 radical (unpaired) electrons. The van der Waals surface area contributed by atoms with E-state index in [0.29, 0.717) is 0 Å². The van der Waals surface area contributed by atoms with Gasteiger partial charge in [-0.1, -0.05) is 219 Å². The lowest BCUT2D eigenvalue weighted by Gasteiger charge is -2.36. The fourth-order valence-corrected chi connectivity index (χ4v) is 13.2. The van der Waals surface area contributed by atoms with Crippen LogP contribution in [-0.2, 0) is 10.8 Å². The molecule has 0 saturated carbocycles. The van der Waals surface area contributed by atoms with Crippen molar-refractivity contribution in [1.29, 1.82) is 0 Å². The molecule has 0 spiro atoms. The second kappa shape index (κ2) is 16.2. The second-order valence-electron chi connectivity index (χ2n) is 20.0. The van der Waals surface area contributed by atoms with E-state index >= 15 is 0 Å². The highest BCUT2D eigenvalue weighted by atomic mass is 28.3. The first-order valence-electron chi connectivity index (χ1n) is 24.5. The molecule has 0 amide bonds. The van der Waals surface area contributed by atoms with Crippen LogP contribution in [-0.4, -0.2) is 8.07 Å². The van der Waals surface area contributed by atoms with Crippen molar-refractivity contribution in [2.75, 3.05) is 4.90 Å². The summed E-state index contributed by atoms with van der Waals surface area (Å²) in [5.41, 5.74) is 20.7. The number of anilines is 3. The van der Waals surface area contributed by atoms with Gasteiger partial charge < -0.3 is 9.32 Å². The molecule has 0 saturated heterocycles. The number of furan rings is 1. The Bertz CT molecular complexity index is 3680. The summed E-state index contributed by atoms with van der Waals surface area (Å²) in [4.78, 5) is 2.49. The molecular formula is C67H51NOSi. The van der Waals surface area contributed by atoms with Crippen LogP contribution in [0.25, 0.3) is 44.3 Å². The lowest BCUT2D eigenvalue weighted by Crippen LogP contribution is -2.39. The van der Waals surface area contributed by atoms with Crippen molar-refractivity contribution in [3.63, 3.8) is 0 Å². The number of hydrogen-bond donors (Lipinski definition) is 0. The highest BCUT2D eigenvalue weighted by Crippen LogP contribution is 2.59. The van der Waals surface area contributed by atoms with Gasteiger partial charge in [0.05, 0.1) is 25.2 Å². The molecule has 334 valence electrons. The molecule has 11 aromatic rings. The lowest BCUT2D eigenvalue weighted by molar-refractivity contribution is 0.616. The Labute approximate surface area is 411 Å². The molecule has 0 N–H and O–H groups in total. The van der Waals surface area contributed by atoms with Crippen molar-refractivity contribution in [3.8, 4) is 33.4 Å². The fraction of sp³-hybridized carbons (Fsp3) is 0.0746. The Kier molecular flexibility index (Phi) is 9.69. The van der Waals surface area contributed by atoms with Gasteiger partial charge in [-0.2, -0.15) is 0 Å². The molecule has 0 aliphatic heterocycles. The summed E-state index contributed by atoms with van der Waals surface area (Å²) in [7, 11) is -1.71. The van der Waals surface area contributed by atoms with E-state index in [1.54, 1.807) is 6.26 Å². The molecule has 2 aliphatic rings. The molecule has 2 aliphatic carbocycles. The van der Waals surface area contributed by atoms with Gasteiger partial charge in [0.15, 0.2) is 0 Å². The standard InChI is InChI=1S/C67H51NOSi/c1-70(2,3)56-34-36-59-58-35-32-55(44-63(58)67(64(59)45-56,51-24-12-6-13-25-51)52-26-14-7-15-27-52)68(53-28-18-19-46(42-53)47-31-38-65-48(41-47)39-40-69-65)54-33-37-62-60(43-54)57-29-16-17-30-61(57)66(62,49-20-8-4-9-21-49)50-22-10-5-11-23-50/h4-45H,1-3H3. The molecule has 70 heavy (non-hydrogen) atoms. The van der Waals surface area contributed by atoms with Crippen molar-refractivity contribution >= 4 is 41.3 Å². The maximum atomic E-state index is 5.78. The van der Waals surface area contributed by atoms with E-state index in [1.807, 2.05) is 6.07 Å². The summed E-state index contributed by atoms with van der Waals surface area (Å²) in [6.45, 7) is 7.37. The summed E-state index contributed by atoms with van der Waals surface area (Å²) in [5.74, 6) is 0. The minimum atomic E-state index is -1.71. The van der Waals surface area contributed by atoms with Gasteiger partial charge in [-0.05, 0) is 132 Å². The van der Waals surface area contributed by atoms with Crippen LogP contribution >= 0.6 is 0 Å². The van der Waals surface area contributed by atoms with Crippen LogP contribution < -0.4 is 10.1 Å². The number of hydrogen-bond acceptors (Lipinski definition) is 2. The third-order valence-corrected chi connectivity index (χ3v) is 17.3. The molecule has 0 unspecified atom stereocenters. The zero-order valence-electron chi connectivity index (χ0n) is 39.6. The normalized spacial score (nSPS) is 13.9. The Balaban J connectivity index is 1.08. The lowest BCUT2D eigenvalue weighted by atomic mass is 9.67. The van der Waals surface area contributed by atoms with Crippen molar-refractivity contribution in [2.24, 2.45) is 0 Å². The molecule has 2 nitrogen and oxygen atoms in total. The monoisotopic (exact) mass is 913 g/mol. The fourth-order valence-electron chi connectivity index (χ4n) is 12.1. The Morgan fingerprint density at radius 3 is 1.49 bits per heavy atom. The first-order chi connectivity index (χ1) is 34.3. The van der Waals surface area contributed by atoms with Gasteiger partial charge in [-0.15, -0.1) is 0 Å². The van der Waals surface area contributed by atoms with Crippen LogP contribution in [0.5, 0.6) is 0 Å². The number of fused-ring (bicyclic) bond motifs is 7. The molecule has 0 fully saturated rings. The van der Waals surface area contributed by atoms with Crippen LogP contribution in [0.4, 0.5) is 17.1 Å². The number of benzene rings is 10. The third-order valence-electron chi connectivity index (χ3n) is 15.2. The minimum absolute atomic E-state index is 0.497. The molecule has 3 heteroatoms. The third kappa shape index (κ3) is 6.31. The maximum Gasteiger partial charge on any atom is 0.133 e. The van der Waals surface area contributed by atoms with Gasteiger partial charge in [0.25, 0.3) is 0 Å². The zero-order valence-corrected chi connectivity index (χ0v) is 40.6. The minimum Gasteiger partial charge on any atom is -0.464 e. The van der Waals surface area contributed by atoms with Crippen LogP contribution in [0.1, 0.15) is 44.5 Å². The van der Waals surface area contributed by atoms with Gasteiger partial charge >= 0.3 is 0 Å². The van der Waals surface area contributed by atoms with Gasteiger partial charge in [0.2, 0.25) is 0 Å². The smallest absolute Gasteiger partial charge is 0.133 e. The van der Waals surface area contributed by atoms with Gasteiger partial charge in [-0.25, -0.2) is 0 Å². The molecule has 1 heterocycles.